The number of rotatable bonds is 5. The van der Waals surface area contributed by atoms with Crippen molar-refractivity contribution in [3.05, 3.63) is 11.4 Å². The van der Waals surface area contributed by atoms with E-state index < -0.39 is 0 Å². The minimum absolute atomic E-state index is 0.519. The fourth-order valence-electron chi connectivity index (χ4n) is 1.52. The smallest absolute Gasteiger partial charge is 0.136 e. The Morgan fingerprint density at radius 2 is 2.19 bits per heavy atom. The third-order valence-electron chi connectivity index (χ3n) is 2.74. The topological polar surface area (TPSA) is 73.1 Å². The maximum absolute atomic E-state index is 5.87. The number of ether oxygens (including phenoxy) is 1. The van der Waals surface area contributed by atoms with E-state index in [-0.39, 0.29) is 0 Å². The molecule has 5 nitrogen and oxygen atoms in total. The lowest BCUT2D eigenvalue weighted by Crippen LogP contribution is -2.13. The molecule has 0 saturated heterocycles. The Balaban J connectivity index is 2.14. The standard InChI is InChI=1S/C11H18N4O/c1-7-9(12)14-11(8-3-4-8)15-10(7)13-5-6-16-2/h8H,3-6H2,1-2H3,(H3,12,13,14,15). The van der Waals surface area contributed by atoms with Crippen LogP contribution >= 0.6 is 0 Å². The van der Waals surface area contributed by atoms with Gasteiger partial charge in [-0.2, -0.15) is 0 Å². The van der Waals surface area contributed by atoms with Crippen molar-refractivity contribution in [3.8, 4) is 0 Å². The molecule has 2 rings (SSSR count). The van der Waals surface area contributed by atoms with E-state index >= 15 is 0 Å². The first-order chi connectivity index (χ1) is 7.72. The highest BCUT2D eigenvalue weighted by molar-refractivity contribution is 5.55. The lowest BCUT2D eigenvalue weighted by molar-refractivity contribution is 0.210. The van der Waals surface area contributed by atoms with Gasteiger partial charge in [-0.15, -0.1) is 0 Å². The van der Waals surface area contributed by atoms with Crippen LogP contribution in [0.1, 0.15) is 30.1 Å². The second-order valence-electron chi connectivity index (χ2n) is 4.13. The lowest BCUT2D eigenvalue weighted by Gasteiger charge is -2.11. The minimum Gasteiger partial charge on any atom is -0.383 e. The zero-order chi connectivity index (χ0) is 11.5. The number of hydrogen-bond donors (Lipinski definition) is 2. The van der Waals surface area contributed by atoms with Crippen LogP contribution in [0.25, 0.3) is 0 Å². The van der Waals surface area contributed by atoms with Crippen molar-refractivity contribution in [2.45, 2.75) is 25.7 Å². The van der Waals surface area contributed by atoms with Gasteiger partial charge in [0.2, 0.25) is 0 Å². The molecular formula is C11H18N4O. The quantitative estimate of drug-likeness (QED) is 0.735. The van der Waals surface area contributed by atoms with E-state index in [0.717, 1.165) is 23.8 Å². The van der Waals surface area contributed by atoms with Gasteiger partial charge in [-0.25, -0.2) is 9.97 Å². The first-order valence-electron chi connectivity index (χ1n) is 5.59. The summed E-state index contributed by atoms with van der Waals surface area (Å²) in [5.74, 6) is 2.82. The molecule has 1 aromatic heterocycles. The van der Waals surface area contributed by atoms with E-state index in [0.29, 0.717) is 18.3 Å². The summed E-state index contributed by atoms with van der Waals surface area (Å²) in [5, 5.41) is 3.22. The number of nitrogens with two attached hydrogens (primary N) is 1. The molecule has 0 bridgehead atoms. The number of nitrogens with zero attached hydrogens (tertiary/aromatic N) is 2. The summed E-state index contributed by atoms with van der Waals surface area (Å²) in [6.45, 7) is 3.32. The zero-order valence-corrected chi connectivity index (χ0v) is 9.79. The van der Waals surface area contributed by atoms with Crippen molar-refractivity contribution >= 4 is 11.6 Å². The van der Waals surface area contributed by atoms with Gasteiger partial charge in [0.1, 0.15) is 17.5 Å². The molecule has 16 heavy (non-hydrogen) atoms. The number of methoxy groups -OCH3 is 1. The monoisotopic (exact) mass is 222 g/mol. The Bertz CT molecular complexity index is 376. The van der Waals surface area contributed by atoms with Crippen LogP contribution in [0.2, 0.25) is 0 Å². The summed E-state index contributed by atoms with van der Waals surface area (Å²) in [6.07, 6.45) is 2.36. The molecule has 3 N–H and O–H groups in total. The highest BCUT2D eigenvalue weighted by Gasteiger charge is 2.27. The van der Waals surface area contributed by atoms with E-state index in [2.05, 4.69) is 15.3 Å². The number of nitrogens with one attached hydrogen (secondary N) is 1. The fourth-order valence-corrected chi connectivity index (χ4v) is 1.52. The summed E-state index contributed by atoms with van der Waals surface area (Å²) in [4.78, 5) is 8.83. The Labute approximate surface area is 95.4 Å². The summed E-state index contributed by atoms with van der Waals surface area (Å²) in [7, 11) is 1.68. The predicted octanol–water partition coefficient (Wildman–Crippen LogP) is 1.30. The molecular weight excluding hydrogens is 204 g/mol. The van der Waals surface area contributed by atoms with Crippen molar-refractivity contribution < 1.29 is 4.74 Å². The molecule has 1 aliphatic carbocycles. The molecule has 0 aliphatic heterocycles. The van der Waals surface area contributed by atoms with Crippen LogP contribution in [0, 0.1) is 6.92 Å². The van der Waals surface area contributed by atoms with Gasteiger partial charge in [0, 0.05) is 25.1 Å². The lowest BCUT2D eigenvalue weighted by atomic mass is 10.3. The van der Waals surface area contributed by atoms with Crippen LogP contribution in [0.5, 0.6) is 0 Å². The van der Waals surface area contributed by atoms with Gasteiger partial charge in [0.15, 0.2) is 0 Å². The maximum Gasteiger partial charge on any atom is 0.136 e. The minimum atomic E-state index is 0.519. The van der Waals surface area contributed by atoms with Crippen LogP contribution in [0.15, 0.2) is 0 Å². The van der Waals surface area contributed by atoms with Gasteiger partial charge in [-0.3, -0.25) is 0 Å². The van der Waals surface area contributed by atoms with Crippen molar-refractivity contribution in [1.82, 2.24) is 9.97 Å². The van der Waals surface area contributed by atoms with Crippen molar-refractivity contribution in [2.24, 2.45) is 0 Å². The average molecular weight is 222 g/mol. The van der Waals surface area contributed by atoms with E-state index in [1.165, 1.54) is 12.8 Å². The van der Waals surface area contributed by atoms with Gasteiger partial charge in [-0.05, 0) is 19.8 Å². The summed E-state index contributed by atoms with van der Waals surface area (Å²) < 4.78 is 4.99. The molecule has 0 spiro atoms. The van der Waals surface area contributed by atoms with Crippen LogP contribution in [-0.4, -0.2) is 30.2 Å². The zero-order valence-electron chi connectivity index (χ0n) is 9.79. The van der Waals surface area contributed by atoms with Crippen molar-refractivity contribution in [3.63, 3.8) is 0 Å². The molecule has 0 unspecified atom stereocenters. The first-order valence-corrected chi connectivity index (χ1v) is 5.59. The second kappa shape index (κ2) is 4.65. The molecule has 0 amide bonds. The van der Waals surface area contributed by atoms with Crippen LogP contribution < -0.4 is 11.1 Å². The van der Waals surface area contributed by atoms with Crippen LogP contribution in [-0.2, 0) is 4.74 Å². The molecule has 5 heteroatoms. The van der Waals surface area contributed by atoms with Crippen LogP contribution in [0.4, 0.5) is 11.6 Å². The predicted molar refractivity (Wildman–Crippen MR) is 63.5 cm³/mol. The normalized spacial score (nSPS) is 15.1. The Kier molecular flexibility index (Phi) is 3.24. The van der Waals surface area contributed by atoms with E-state index in [4.69, 9.17) is 10.5 Å². The molecule has 1 fully saturated rings. The largest absolute Gasteiger partial charge is 0.383 e. The maximum atomic E-state index is 5.87. The molecule has 1 saturated carbocycles. The Morgan fingerprint density at radius 1 is 1.44 bits per heavy atom. The van der Waals surface area contributed by atoms with Gasteiger partial charge >= 0.3 is 0 Å². The van der Waals surface area contributed by atoms with Crippen molar-refractivity contribution in [2.75, 3.05) is 31.3 Å². The summed E-state index contributed by atoms with van der Waals surface area (Å²) in [5.41, 5.74) is 6.79. The summed E-state index contributed by atoms with van der Waals surface area (Å²) >= 11 is 0. The molecule has 1 heterocycles. The molecule has 1 aromatic rings. The third kappa shape index (κ3) is 2.41. The average Bonchev–Trinajstić information content (AvgIpc) is 3.08. The number of nitrogen functional groups attached to an aromatic ring is 1. The summed E-state index contributed by atoms with van der Waals surface area (Å²) in [6, 6.07) is 0. The number of aromatic nitrogens is 2. The third-order valence-corrected chi connectivity index (χ3v) is 2.74. The molecule has 1 aliphatic rings. The highest BCUT2D eigenvalue weighted by atomic mass is 16.5. The van der Waals surface area contributed by atoms with Crippen LogP contribution in [0.3, 0.4) is 0 Å². The highest BCUT2D eigenvalue weighted by Crippen LogP contribution is 2.39. The molecule has 0 atom stereocenters. The van der Waals surface area contributed by atoms with Crippen molar-refractivity contribution in [1.29, 1.82) is 0 Å². The number of hydrogen-bond acceptors (Lipinski definition) is 5. The number of anilines is 2. The van der Waals surface area contributed by atoms with Gasteiger partial charge < -0.3 is 15.8 Å². The van der Waals surface area contributed by atoms with E-state index in [9.17, 15) is 0 Å². The van der Waals surface area contributed by atoms with E-state index in [1.807, 2.05) is 6.92 Å². The Morgan fingerprint density at radius 3 is 2.81 bits per heavy atom. The second-order valence-corrected chi connectivity index (χ2v) is 4.13. The van der Waals surface area contributed by atoms with E-state index in [1.54, 1.807) is 7.11 Å². The SMILES string of the molecule is COCCNc1nc(C2CC2)nc(N)c1C. The first kappa shape index (κ1) is 11.1. The van der Waals surface area contributed by atoms with Gasteiger partial charge in [0.25, 0.3) is 0 Å². The van der Waals surface area contributed by atoms with Gasteiger partial charge in [0.05, 0.1) is 6.61 Å². The molecule has 0 aromatic carbocycles. The fraction of sp³-hybridized carbons (Fsp3) is 0.636. The molecule has 0 radical (unpaired) electrons. The van der Waals surface area contributed by atoms with Gasteiger partial charge in [-0.1, -0.05) is 0 Å². The Hall–Kier alpha value is -1.36. The molecule has 88 valence electrons.